The highest BCUT2D eigenvalue weighted by Gasteiger charge is 2.27. The normalized spacial score (nSPS) is 16.4. The largest absolute Gasteiger partial charge is 0.493 e. The van der Waals surface area contributed by atoms with Gasteiger partial charge in [0.2, 0.25) is 0 Å². The van der Waals surface area contributed by atoms with Crippen molar-refractivity contribution in [2.75, 3.05) is 32.2 Å². The van der Waals surface area contributed by atoms with Crippen molar-refractivity contribution in [2.24, 2.45) is 0 Å². The molecule has 0 atom stereocenters. The fourth-order valence-electron chi connectivity index (χ4n) is 3.75. The second-order valence-electron chi connectivity index (χ2n) is 5.61. The molecule has 2 heterocycles. The number of rotatable bonds is 2. The van der Waals surface area contributed by atoms with Crippen LogP contribution in [0.4, 0.5) is 5.69 Å². The lowest BCUT2D eigenvalue weighted by atomic mass is 9.89. The van der Waals surface area contributed by atoms with Crippen molar-refractivity contribution in [1.29, 1.82) is 0 Å². The van der Waals surface area contributed by atoms with Gasteiger partial charge in [0, 0.05) is 29.5 Å². The molecule has 2 aliphatic heterocycles. The van der Waals surface area contributed by atoms with Crippen molar-refractivity contribution < 1.29 is 9.47 Å². The van der Waals surface area contributed by atoms with Crippen LogP contribution >= 0.6 is 0 Å². The van der Waals surface area contributed by atoms with E-state index in [1.807, 2.05) is 0 Å². The van der Waals surface area contributed by atoms with Gasteiger partial charge in [-0.05, 0) is 36.5 Å². The minimum absolute atomic E-state index is 0.846. The van der Waals surface area contributed by atoms with E-state index in [2.05, 4.69) is 23.1 Å². The van der Waals surface area contributed by atoms with Crippen LogP contribution in [0.5, 0.6) is 11.5 Å². The molecule has 0 saturated heterocycles. The second-order valence-corrected chi connectivity index (χ2v) is 5.61. The topological polar surface area (TPSA) is 21.7 Å². The molecule has 2 aromatic rings. The maximum Gasteiger partial charge on any atom is 0.168 e. The van der Waals surface area contributed by atoms with Crippen molar-refractivity contribution in [1.82, 2.24) is 0 Å². The van der Waals surface area contributed by atoms with Crippen LogP contribution in [0.25, 0.3) is 10.8 Å². The molecule has 4 rings (SSSR count). The van der Waals surface area contributed by atoms with Gasteiger partial charge in [0.1, 0.15) is 0 Å². The van der Waals surface area contributed by atoms with E-state index in [9.17, 15) is 0 Å². The van der Waals surface area contributed by atoms with Crippen molar-refractivity contribution in [3.63, 3.8) is 0 Å². The Hall–Kier alpha value is -1.90. The third-order valence-electron chi connectivity index (χ3n) is 4.62. The minimum Gasteiger partial charge on any atom is -0.493 e. The van der Waals surface area contributed by atoms with Crippen LogP contribution < -0.4 is 14.4 Å². The molecule has 104 valence electrons. The molecule has 2 aliphatic rings. The number of ether oxygens (including phenoxy) is 2. The molecule has 20 heavy (non-hydrogen) atoms. The molecule has 3 nitrogen and oxygen atoms in total. The standard InChI is InChI=1S/C17H19NO2/c1-19-14-10-12-7-9-18-8-3-4-11-5-6-13(17(14)20-2)15(12)16(11)18/h5-6,10H,3-4,7-9H2,1-2H3. The Morgan fingerprint density at radius 1 is 1.00 bits per heavy atom. The Bertz CT molecular complexity index is 693. The Morgan fingerprint density at radius 2 is 1.90 bits per heavy atom. The van der Waals surface area contributed by atoms with Gasteiger partial charge in [-0.1, -0.05) is 12.1 Å². The number of hydrogen-bond donors (Lipinski definition) is 0. The zero-order valence-corrected chi connectivity index (χ0v) is 12.0. The average Bonchev–Trinajstić information content (AvgIpc) is 2.51. The van der Waals surface area contributed by atoms with Gasteiger partial charge in [0.15, 0.2) is 11.5 Å². The minimum atomic E-state index is 0.846. The maximum absolute atomic E-state index is 5.61. The third kappa shape index (κ3) is 1.46. The van der Waals surface area contributed by atoms with E-state index in [0.717, 1.165) is 24.5 Å². The molecule has 0 aromatic heterocycles. The highest BCUT2D eigenvalue weighted by Crippen LogP contribution is 2.46. The lowest BCUT2D eigenvalue weighted by molar-refractivity contribution is 0.358. The van der Waals surface area contributed by atoms with Crippen LogP contribution in [-0.4, -0.2) is 27.3 Å². The molecule has 0 saturated carbocycles. The molecule has 2 aromatic carbocycles. The van der Waals surface area contributed by atoms with Crippen LogP contribution in [0.3, 0.4) is 0 Å². The van der Waals surface area contributed by atoms with E-state index in [4.69, 9.17) is 9.47 Å². The fraction of sp³-hybridized carbons (Fsp3) is 0.412. The zero-order valence-electron chi connectivity index (χ0n) is 12.0. The first-order valence-corrected chi connectivity index (χ1v) is 7.28. The average molecular weight is 269 g/mol. The summed E-state index contributed by atoms with van der Waals surface area (Å²) in [7, 11) is 3.43. The summed E-state index contributed by atoms with van der Waals surface area (Å²) >= 11 is 0. The monoisotopic (exact) mass is 269 g/mol. The Morgan fingerprint density at radius 3 is 2.70 bits per heavy atom. The van der Waals surface area contributed by atoms with Crippen LogP contribution in [0.15, 0.2) is 18.2 Å². The molecule has 0 spiro atoms. The lowest BCUT2D eigenvalue weighted by Gasteiger charge is -2.37. The first kappa shape index (κ1) is 11.9. The first-order chi connectivity index (χ1) is 9.83. The zero-order chi connectivity index (χ0) is 13.7. The first-order valence-electron chi connectivity index (χ1n) is 7.28. The summed E-state index contributed by atoms with van der Waals surface area (Å²) in [6.07, 6.45) is 3.55. The molecule has 0 unspecified atom stereocenters. The van der Waals surface area contributed by atoms with Crippen LogP contribution in [0.2, 0.25) is 0 Å². The summed E-state index contributed by atoms with van der Waals surface area (Å²) in [5.41, 5.74) is 4.32. The molecule has 0 aliphatic carbocycles. The van der Waals surface area contributed by atoms with Gasteiger partial charge in [-0.25, -0.2) is 0 Å². The highest BCUT2D eigenvalue weighted by molar-refractivity contribution is 6.04. The van der Waals surface area contributed by atoms with Gasteiger partial charge in [-0.3, -0.25) is 0 Å². The van der Waals surface area contributed by atoms with Crippen molar-refractivity contribution in [3.8, 4) is 11.5 Å². The Labute approximate surface area is 119 Å². The second kappa shape index (κ2) is 4.30. The van der Waals surface area contributed by atoms with Gasteiger partial charge in [0.25, 0.3) is 0 Å². The SMILES string of the molecule is COc1cc2c3c4c(ccc3c1OC)CCCN4CC2. The summed E-state index contributed by atoms with van der Waals surface area (Å²) in [5.74, 6) is 1.71. The smallest absolute Gasteiger partial charge is 0.168 e. The maximum atomic E-state index is 5.61. The predicted octanol–water partition coefficient (Wildman–Crippen LogP) is 3.17. The summed E-state index contributed by atoms with van der Waals surface area (Å²) < 4.78 is 11.1. The van der Waals surface area contributed by atoms with E-state index >= 15 is 0 Å². The summed E-state index contributed by atoms with van der Waals surface area (Å²) in [6, 6.07) is 6.63. The number of methoxy groups -OCH3 is 2. The van der Waals surface area contributed by atoms with Gasteiger partial charge >= 0.3 is 0 Å². The molecule has 0 bridgehead atoms. The number of aryl methyl sites for hydroxylation is 1. The fourth-order valence-corrected chi connectivity index (χ4v) is 3.75. The van der Waals surface area contributed by atoms with Gasteiger partial charge in [-0.2, -0.15) is 0 Å². The predicted molar refractivity (Wildman–Crippen MR) is 81.3 cm³/mol. The molecule has 0 radical (unpaired) electrons. The summed E-state index contributed by atoms with van der Waals surface area (Å²) in [4.78, 5) is 2.54. The lowest BCUT2D eigenvalue weighted by Crippen LogP contribution is -2.34. The molecule has 0 fully saturated rings. The Kier molecular flexibility index (Phi) is 2.56. The van der Waals surface area contributed by atoms with Crippen LogP contribution in [-0.2, 0) is 12.8 Å². The van der Waals surface area contributed by atoms with Crippen molar-refractivity contribution >= 4 is 16.5 Å². The number of benzene rings is 2. The quantitative estimate of drug-likeness (QED) is 0.836. The summed E-state index contributed by atoms with van der Waals surface area (Å²) in [5, 5.41) is 2.57. The van der Waals surface area contributed by atoms with Gasteiger partial charge in [0.05, 0.1) is 14.2 Å². The van der Waals surface area contributed by atoms with Crippen LogP contribution in [0.1, 0.15) is 17.5 Å². The molecular weight excluding hydrogens is 250 g/mol. The number of anilines is 1. The molecule has 3 heteroatoms. The Balaban J connectivity index is 2.12. The molecule has 0 amide bonds. The number of hydrogen-bond acceptors (Lipinski definition) is 3. The third-order valence-corrected chi connectivity index (χ3v) is 4.62. The van der Waals surface area contributed by atoms with E-state index < -0.39 is 0 Å². The van der Waals surface area contributed by atoms with Gasteiger partial charge in [-0.15, -0.1) is 0 Å². The van der Waals surface area contributed by atoms with Gasteiger partial charge < -0.3 is 14.4 Å². The van der Waals surface area contributed by atoms with E-state index in [1.54, 1.807) is 14.2 Å². The molecule has 0 N–H and O–H groups in total. The van der Waals surface area contributed by atoms with Crippen molar-refractivity contribution in [3.05, 3.63) is 29.3 Å². The summed E-state index contributed by atoms with van der Waals surface area (Å²) in [6.45, 7) is 2.30. The highest BCUT2D eigenvalue weighted by atomic mass is 16.5. The van der Waals surface area contributed by atoms with E-state index in [1.165, 1.54) is 47.0 Å². The van der Waals surface area contributed by atoms with Crippen molar-refractivity contribution in [2.45, 2.75) is 19.3 Å². The van der Waals surface area contributed by atoms with E-state index in [-0.39, 0.29) is 0 Å². The van der Waals surface area contributed by atoms with Crippen LogP contribution in [0, 0.1) is 0 Å². The van der Waals surface area contributed by atoms with E-state index in [0.29, 0.717) is 0 Å². The molecular formula is C17H19NO2. The number of nitrogens with zero attached hydrogens (tertiary/aromatic N) is 1.